The van der Waals surface area contributed by atoms with Gasteiger partial charge in [0.05, 0.1) is 11.6 Å². The van der Waals surface area contributed by atoms with Gasteiger partial charge in [-0.2, -0.15) is 5.26 Å². The first-order valence-corrected chi connectivity index (χ1v) is 6.56. The second kappa shape index (κ2) is 4.70. The predicted octanol–water partition coefficient (Wildman–Crippen LogP) is 3.65. The van der Waals surface area contributed by atoms with Crippen molar-refractivity contribution in [3.63, 3.8) is 0 Å². The van der Waals surface area contributed by atoms with E-state index in [2.05, 4.69) is 35.2 Å². The molecule has 3 aliphatic rings. The van der Waals surface area contributed by atoms with Crippen molar-refractivity contribution < 1.29 is 0 Å². The van der Waals surface area contributed by atoms with Crippen LogP contribution in [-0.2, 0) is 0 Å². The molecule has 3 rings (SSSR count). The molecule has 0 aromatic heterocycles. The molecule has 0 radical (unpaired) electrons. The molecule has 1 heterocycles. The summed E-state index contributed by atoms with van der Waals surface area (Å²) in [6, 6.07) is 14.7. The van der Waals surface area contributed by atoms with Gasteiger partial charge in [-0.15, -0.1) is 0 Å². The quantitative estimate of drug-likeness (QED) is 0.755. The van der Waals surface area contributed by atoms with Crippen LogP contribution >= 0.6 is 0 Å². The van der Waals surface area contributed by atoms with E-state index in [9.17, 15) is 0 Å². The van der Waals surface area contributed by atoms with Crippen LogP contribution in [0, 0.1) is 11.3 Å². The smallest absolute Gasteiger partial charge is 0.0992 e. The Bertz CT molecular complexity index is 528. The van der Waals surface area contributed by atoms with E-state index in [1.807, 2.05) is 12.1 Å². The average molecular weight is 236 g/mol. The van der Waals surface area contributed by atoms with E-state index in [4.69, 9.17) is 5.26 Å². The minimum Gasteiger partial charge on any atom is -0.372 e. The normalized spacial score (nSPS) is 15.6. The van der Waals surface area contributed by atoms with Crippen molar-refractivity contribution in [2.45, 2.75) is 19.3 Å². The molecule has 0 atom stereocenters. The summed E-state index contributed by atoms with van der Waals surface area (Å²) < 4.78 is 0. The lowest BCUT2D eigenvalue weighted by atomic mass is 10.1. The Hall–Kier alpha value is -2.01. The molecule has 0 bridgehead atoms. The molecule has 1 saturated heterocycles. The van der Waals surface area contributed by atoms with Crippen molar-refractivity contribution >= 4 is 5.69 Å². The molecule has 0 unspecified atom stereocenters. The molecular weight excluding hydrogens is 220 g/mol. The number of rotatable bonds is 1. The van der Waals surface area contributed by atoms with Crippen molar-refractivity contribution in [3.05, 3.63) is 42.0 Å². The van der Waals surface area contributed by atoms with Gasteiger partial charge in [0.15, 0.2) is 0 Å². The van der Waals surface area contributed by atoms with E-state index in [1.165, 1.54) is 24.9 Å². The molecule has 1 aliphatic heterocycles. The Morgan fingerprint density at radius 2 is 1.50 bits per heavy atom. The van der Waals surface area contributed by atoms with Gasteiger partial charge in [0.1, 0.15) is 0 Å². The summed E-state index contributed by atoms with van der Waals surface area (Å²) in [6.45, 7) is 2.33. The van der Waals surface area contributed by atoms with Crippen LogP contribution in [0.15, 0.2) is 36.4 Å². The molecule has 0 N–H and O–H groups in total. The zero-order valence-corrected chi connectivity index (χ0v) is 10.4. The second-order valence-electron chi connectivity index (χ2n) is 4.91. The van der Waals surface area contributed by atoms with Crippen LogP contribution in [0.3, 0.4) is 0 Å². The Morgan fingerprint density at radius 1 is 0.889 bits per heavy atom. The summed E-state index contributed by atoms with van der Waals surface area (Å²) in [5.74, 6) is 0. The second-order valence-corrected chi connectivity index (χ2v) is 4.91. The average Bonchev–Trinajstić information content (AvgIpc) is 2.73. The van der Waals surface area contributed by atoms with Crippen LogP contribution in [0.2, 0.25) is 0 Å². The number of nitriles is 1. The van der Waals surface area contributed by atoms with Gasteiger partial charge in [-0.1, -0.05) is 12.1 Å². The van der Waals surface area contributed by atoms with Gasteiger partial charge < -0.3 is 4.90 Å². The monoisotopic (exact) mass is 236 g/mol. The molecule has 2 aliphatic carbocycles. The summed E-state index contributed by atoms with van der Waals surface area (Å²) in [6.07, 6.45) is 3.94. The minimum absolute atomic E-state index is 0.746. The largest absolute Gasteiger partial charge is 0.372 e. The molecule has 0 aromatic carbocycles. The van der Waals surface area contributed by atoms with Gasteiger partial charge in [-0.25, -0.2) is 0 Å². The lowest BCUT2D eigenvalue weighted by Crippen LogP contribution is -2.28. The van der Waals surface area contributed by atoms with Gasteiger partial charge in [0.2, 0.25) is 0 Å². The fraction of sp³-hybridized carbons (Fsp3) is 0.312. The fourth-order valence-corrected chi connectivity index (χ4v) is 2.67. The molecule has 0 saturated carbocycles. The molecular formula is C16H16N2. The van der Waals surface area contributed by atoms with Crippen LogP contribution < -0.4 is 4.90 Å². The number of hydrogen-bond acceptors (Lipinski definition) is 2. The highest BCUT2D eigenvalue weighted by molar-refractivity contribution is 5.71. The van der Waals surface area contributed by atoms with Gasteiger partial charge in [-0.3, -0.25) is 0 Å². The van der Waals surface area contributed by atoms with Crippen molar-refractivity contribution in [1.82, 2.24) is 0 Å². The maximum Gasteiger partial charge on any atom is 0.0992 e. The van der Waals surface area contributed by atoms with Crippen LogP contribution in [0.5, 0.6) is 0 Å². The third kappa shape index (κ3) is 2.04. The maximum absolute atomic E-state index is 8.90. The zero-order chi connectivity index (χ0) is 12.4. The highest BCUT2D eigenvalue weighted by Gasteiger charge is 2.11. The Balaban J connectivity index is 1.96. The van der Waals surface area contributed by atoms with Crippen molar-refractivity contribution in [2.24, 2.45) is 0 Å². The first-order valence-electron chi connectivity index (χ1n) is 6.56. The van der Waals surface area contributed by atoms with Gasteiger partial charge in [0, 0.05) is 18.8 Å². The minimum atomic E-state index is 0.746. The number of fused-ring (bicyclic) bond motifs is 1. The van der Waals surface area contributed by atoms with E-state index in [0.29, 0.717) is 0 Å². The van der Waals surface area contributed by atoms with Crippen LogP contribution in [0.4, 0.5) is 5.69 Å². The van der Waals surface area contributed by atoms with Crippen molar-refractivity contribution in [2.75, 3.05) is 18.0 Å². The third-order valence-electron chi connectivity index (χ3n) is 3.67. The molecule has 90 valence electrons. The maximum atomic E-state index is 8.90. The molecule has 0 spiro atoms. The topological polar surface area (TPSA) is 27.0 Å². The Labute approximate surface area is 108 Å². The third-order valence-corrected chi connectivity index (χ3v) is 3.67. The SMILES string of the molecule is N#Cc1cc2ccc(N3CCCCC3)ccc-2c1. The summed E-state index contributed by atoms with van der Waals surface area (Å²) in [7, 11) is 0. The zero-order valence-electron chi connectivity index (χ0n) is 10.4. The van der Waals surface area contributed by atoms with Gasteiger partial charge in [0.25, 0.3) is 0 Å². The van der Waals surface area contributed by atoms with E-state index in [1.54, 1.807) is 0 Å². The van der Waals surface area contributed by atoms with Crippen LogP contribution in [-0.4, -0.2) is 13.1 Å². The first kappa shape index (κ1) is 11.1. The predicted molar refractivity (Wildman–Crippen MR) is 73.8 cm³/mol. The van der Waals surface area contributed by atoms with Gasteiger partial charge in [-0.05, 0) is 54.7 Å². The summed E-state index contributed by atoms with van der Waals surface area (Å²) in [5, 5.41) is 8.90. The lowest BCUT2D eigenvalue weighted by molar-refractivity contribution is 0.578. The summed E-state index contributed by atoms with van der Waals surface area (Å²) in [4.78, 5) is 2.45. The number of nitrogens with zero attached hydrogens (tertiary/aromatic N) is 2. The van der Waals surface area contributed by atoms with E-state index >= 15 is 0 Å². The summed E-state index contributed by atoms with van der Waals surface area (Å²) in [5.41, 5.74) is 4.34. The Morgan fingerprint density at radius 3 is 2.06 bits per heavy atom. The van der Waals surface area contributed by atoms with E-state index in [0.717, 1.165) is 29.8 Å². The van der Waals surface area contributed by atoms with Crippen molar-refractivity contribution in [1.29, 1.82) is 5.26 Å². The van der Waals surface area contributed by atoms with Crippen LogP contribution in [0.1, 0.15) is 24.8 Å². The molecule has 18 heavy (non-hydrogen) atoms. The fourth-order valence-electron chi connectivity index (χ4n) is 2.67. The molecule has 1 fully saturated rings. The lowest BCUT2D eigenvalue weighted by Gasteiger charge is -2.28. The number of hydrogen-bond donors (Lipinski definition) is 0. The van der Waals surface area contributed by atoms with E-state index < -0.39 is 0 Å². The standard InChI is InChI=1S/C16H16N2/c17-12-13-10-14-4-6-16(7-5-15(14)11-13)18-8-2-1-3-9-18/h4-7,10-11H,1-3,8-9H2. The molecule has 2 nitrogen and oxygen atoms in total. The highest BCUT2D eigenvalue weighted by Crippen LogP contribution is 2.28. The molecule has 2 heteroatoms. The van der Waals surface area contributed by atoms with Crippen LogP contribution in [0.25, 0.3) is 11.1 Å². The number of anilines is 1. The van der Waals surface area contributed by atoms with Gasteiger partial charge >= 0.3 is 0 Å². The molecule has 0 aromatic rings. The Kier molecular flexibility index (Phi) is 2.90. The summed E-state index contributed by atoms with van der Waals surface area (Å²) >= 11 is 0. The highest BCUT2D eigenvalue weighted by atomic mass is 15.1. The molecule has 0 amide bonds. The first-order chi connectivity index (χ1) is 8.86. The van der Waals surface area contributed by atoms with Crippen molar-refractivity contribution in [3.8, 4) is 17.2 Å². The number of piperidine rings is 1. The van der Waals surface area contributed by atoms with E-state index in [-0.39, 0.29) is 0 Å².